The Kier molecular flexibility index (Phi) is 5.45. The Morgan fingerprint density at radius 3 is 2.56 bits per heavy atom. The third-order valence-corrected chi connectivity index (χ3v) is 3.05. The molecular weight excluding hydrogens is 252 g/mol. The van der Waals surface area contributed by atoms with Crippen molar-refractivity contribution in [3.05, 3.63) is 41.0 Å². The molecule has 1 aromatic carbocycles. The zero-order valence-electron chi connectivity index (χ0n) is 10.4. The van der Waals surface area contributed by atoms with Gasteiger partial charge in [0.15, 0.2) is 5.78 Å². The molecule has 1 rings (SSSR count). The first kappa shape index (κ1) is 14.3. The SMILES string of the molecule is CO/C=C(/Sc1cccc(C(C)=O)c1)C(=O)OC. The second-order valence-electron chi connectivity index (χ2n) is 3.40. The van der Waals surface area contributed by atoms with Gasteiger partial charge in [0.25, 0.3) is 0 Å². The molecule has 0 aliphatic carbocycles. The highest BCUT2D eigenvalue weighted by atomic mass is 32.2. The van der Waals surface area contributed by atoms with Gasteiger partial charge in [0.2, 0.25) is 0 Å². The zero-order chi connectivity index (χ0) is 13.5. The van der Waals surface area contributed by atoms with Gasteiger partial charge < -0.3 is 9.47 Å². The lowest BCUT2D eigenvalue weighted by molar-refractivity contribution is -0.135. The smallest absolute Gasteiger partial charge is 0.347 e. The van der Waals surface area contributed by atoms with Crippen LogP contribution in [0.2, 0.25) is 0 Å². The number of ketones is 1. The molecule has 5 heteroatoms. The van der Waals surface area contributed by atoms with E-state index in [1.165, 1.54) is 39.2 Å². The van der Waals surface area contributed by atoms with Crippen molar-refractivity contribution in [3.63, 3.8) is 0 Å². The van der Waals surface area contributed by atoms with Gasteiger partial charge in [0.1, 0.15) is 11.2 Å². The largest absolute Gasteiger partial charge is 0.503 e. The van der Waals surface area contributed by atoms with Gasteiger partial charge in [-0.25, -0.2) is 4.79 Å². The van der Waals surface area contributed by atoms with Gasteiger partial charge in [-0.3, -0.25) is 4.79 Å². The van der Waals surface area contributed by atoms with Crippen LogP contribution in [-0.4, -0.2) is 26.0 Å². The number of hydrogen-bond donors (Lipinski definition) is 0. The predicted molar refractivity (Wildman–Crippen MR) is 69.4 cm³/mol. The van der Waals surface area contributed by atoms with Crippen LogP contribution in [0.5, 0.6) is 0 Å². The highest BCUT2D eigenvalue weighted by molar-refractivity contribution is 8.04. The molecule has 0 saturated carbocycles. The molecule has 0 aliphatic heterocycles. The quantitative estimate of drug-likeness (QED) is 0.269. The number of rotatable bonds is 5. The first-order valence-electron chi connectivity index (χ1n) is 5.18. The van der Waals surface area contributed by atoms with Crippen molar-refractivity contribution in [1.82, 2.24) is 0 Å². The van der Waals surface area contributed by atoms with Crippen LogP contribution in [0.1, 0.15) is 17.3 Å². The lowest BCUT2D eigenvalue weighted by Gasteiger charge is -2.05. The number of carbonyl (C=O) groups excluding carboxylic acids is 2. The van der Waals surface area contributed by atoms with Gasteiger partial charge in [0.05, 0.1) is 14.2 Å². The first-order chi connectivity index (χ1) is 8.58. The van der Waals surface area contributed by atoms with Crippen LogP contribution in [0.15, 0.2) is 40.3 Å². The normalized spacial score (nSPS) is 10.9. The summed E-state index contributed by atoms with van der Waals surface area (Å²) in [6, 6.07) is 7.02. The van der Waals surface area contributed by atoms with Gasteiger partial charge in [-0.2, -0.15) is 0 Å². The number of carbonyl (C=O) groups is 2. The number of hydrogen-bond acceptors (Lipinski definition) is 5. The van der Waals surface area contributed by atoms with Crippen LogP contribution in [-0.2, 0) is 14.3 Å². The number of thioether (sulfide) groups is 1. The molecule has 0 aliphatic rings. The van der Waals surface area contributed by atoms with E-state index >= 15 is 0 Å². The minimum atomic E-state index is -0.477. The Morgan fingerprint density at radius 1 is 1.28 bits per heavy atom. The molecule has 0 spiro atoms. The fourth-order valence-electron chi connectivity index (χ4n) is 1.23. The van der Waals surface area contributed by atoms with E-state index in [2.05, 4.69) is 4.74 Å². The van der Waals surface area contributed by atoms with Gasteiger partial charge in [-0.15, -0.1) is 0 Å². The Bertz CT molecular complexity index is 480. The monoisotopic (exact) mass is 266 g/mol. The molecule has 0 saturated heterocycles. The molecule has 0 aromatic heterocycles. The Labute approximate surface area is 110 Å². The summed E-state index contributed by atoms with van der Waals surface area (Å²) in [6.45, 7) is 1.50. The average Bonchev–Trinajstić information content (AvgIpc) is 2.37. The Morgan fingerprint density at radius 2 is 2.00 bits per heavy atom. The van der Waals surface area contributed by atoms with Crippen LogP contribution in [0.4, 0.5) is 0 Å². The van der Waals surface area contributed by atoms with Crippen molar-refractivity contribution in [3.8, 4) is 0 Å². The van der Waals surface area contributed by atoms with E-state index in [0.29, 0.717) is 10.5 Å². The lowest BCUT2D eigenvalue weighted by Crippen LogP contribution is -2.02. The van der Waals surface area contributed by atoms with Crippen molar-refractivity contribution < 1.29 is 19.1 Å². The number of esters is 1. The zero-order valence-corrected chi connectivity index (χ0v) is 11.2. The molecule has 0 bridgehead atoms. The number of methoxy groups -OCH3 is 2. The average molecular weight is 266 g/mol. The molecule has 18 heavy (non-hydrogen) atoms. The summed E-state index contributed by atoms with van der Waals surface area (Å²) in [5.74, 6) is -0.497. The van der Waals surface area contributed by atoms with E-state index in [4.69, 9.17) is 4.74 Å². The summed E-state index contributed by atoms with van der Waals surface area (Å²) in [7, 11) is 2.76. The topological polar surface area (TPSA) is 52.6 Å². The van der Waals surface area contributed by atoms with Crippen LogP contribution in [0.25, 0.3) is 0 Å². The molecule has 0 atom stereocenters. The van der Waals surface area contributed by atoms with Gasteiger partial charge in [-0.1, -0.05) is 23.9 Å². The predicted octanol–water partition coefficient (Wildman–Crippen LogP) is 2.64. The van der Waals surface area contributed by atoms with E-state index in [9.17, 15) is 9.59 Å². The molecular formula is C13H14O4S. The van der Waals surface area contributed by atoms with Crippen LogP contribution >= 0.6 is 11.8 Å². The molecule has 0 N–H and O–H groups in total. The minimum Gasteiger partial charge on any atom is -0.503 e. The van der Waals surface area contributed by atoms with Gasteiger partial charge in [-0.05, 0) is 19.1 Å². The third-order valence-electron chi connectivity index (χ3n) is 2.08. The molecule has 4 nitrogen and oxygen atoms in total. The van der Waals surface area contributed by atoms with Crippen molar-refractivity contribution in [2.24, 2.45) is 0 Å². The van der Waals surface area contributed by atoms with Crippen LogP contribution < -0.4 is 0 Å². The molecule has 0 radical (unpaired) electrons. The van der Waals surface area contributed by atoms with E-state index < -0.39 is 5.97 Å². The Balaban J connectivity index is 2.94. The number of benzene rings is 1. The molecule has 0 unspecified atom stereocenters. The van der Waals surface area contributed by atoms with Crippen molar-refractivity contribution in [1.29, 1.82) is 0 Å². The molecule has 0 fully saturated rings. The summed E-state index contributed by atoms with van der Waals surface area (Å²) in [5.41, 5.74) is 0.599. The van der Waals surface area contributed by atoms with Crippen LogP contribution in [0.3, 0.4) is 0 Å². The summed E-state index contributed by atoms with van der Waals surface area (Å²) in [5, 5.41) is 0. The molecule has 96 valence electrons. The molecule has 1 aromatic rings. The second-order valence-corrected chi connectivity index (χ2v) is 4.51. The minimum absolute atomic E-state index is 0.0206. The maximum atomic E-state index is 11.5. The summed E-state index contributed by atoms with van der Waals surface area (Å²) in [6.07, 6.45) is 1.32. The number of Topliss-reactive ketones (excluding diaryl/α,β-unsaturated/α-hetero) is 1. The maximum Gasteiger partial charge on any atom is 0.347 e. The lowest BCUT2D eigenvalue weighted by atomic mass is 10.2. The van der Waals surface area contributed by atoms with Gasteiger partial charge in [0, 0.05) is 10.5 Å². The van der Waals surface area contributed by atoms with Gasteiger partial charge >= 0.3 is 5.97 Å². The first-order valence-corrected chi connectivity index (χ1v) is 6.00. The fourth-order valence-corrected chi connectivity index (χ4v) is 2.12. The summed E-state index contributed by atoms with van der Waals surface area (Å²) >= 11 is 1.19. The standard InChI is InChI=1S/C13H14O4S/c1-9(14)10-5-4-6-11(7-10)18-12(8-16-2)13(15)17-3/h4-8H,1-3H3/b12-8+. The fraction of sp³-hybridized carbons (Fsp3) is 0.231. The third kappa shape index (κ3) is 3.92. The number of ether oxygens (including phenoxy) is 2. The summed E-state index contributed by atoms with van der Waals surface area (Å²) in [4.78, 5) is 23.8. The van der Waals surface area contributed by atoms with E-state index in [0.717, 1.165) is 4.90 Å². The second kappa shape index (κ2) is 6.86. The van der Waals surface area contributed by atoms with E-state index in [1.807, 2.05) is 6.07 Å². The van der Waals surface area contributed by atoms with E-state index in [-0.39, 0.29) is 5.78 Å². The van der Waals surface area contributed by atoms with E-state index in [1.54, 1.807) is 18.2 Å². The highest BCUT2D eigenvalue weighted by Gasteiger charge is 2.12. The van der Waals surface area contributed by atoms with Crippen LogP contribution in [0, 0.1) is 0 Å². The molecule has 0 heterocycles. The Hall–Kier alpha value is -1.75. The van der Waals surface area contributed by atoms with Crippen molar-refractivity contribution >= 4 is 23.5 Å². The summed E-state index contributed by atoms with van der Waals surface area (Å²) < 4.78 is 9.47. The molecule has 0 amide bonds. The highest BCUT2D eigenvalue weighted by Crippen LogP contribution is 2.28. The van der Waals surface area contributed by atoms with Crippen molar-refractivity contribution in [2.75, 3.05) is 14.2 Å². The maximum absolute atomic E-state index is 11.5. The van der Waals surface area contributed by atoms with Crippen molar-refractivity contribution in [2.45, 2.75) is 11.8 Å².